The first-order chi connectivity index (χ1) is 12.1. The Kier molecular flexibility index (Phi) is 5.41. The summed E-state index contributed by atoms with van der Waals surface area (Å²) in [6, 6.07) is 8.81. The zero-order valence-corrected chi connectivity index (χ0v) is 14.3. The Morgan fingerprint density at radius 2 is 2.00 bits per heavy atom. The number of amides is 2. The zero-order valence-electron chi connectivity index (χ0n) is 12.7. The van der Waals surface area contributed by atoms with Crippen molar-refractivity contribution in [1.82, 2.24) is 26.0 Å². The van der Waals surface area contributed by atoms with Gasteiger partial charge in [0.1, 0.15) is 5.82 Å². The molecular weight excluding hydrogens is 365 g/mol. The third kappa shape index (κ3) is 4.64. The van der Waals surface area contributed by atoms with Gasteiger partial charge in [-0.15, -0.1) is 16.4 Å². The van der Waals surface area contributed by atoms with Crippen LogP contribution in [0.2, 0.25) is 0 Å². The van der Waals surface area contributed by atoms with E-state index in [0.717, 1.165) is 16.6 Å². The number of thioether (sulfide) groups is 1. The van der Waals surface area contributed by atoms with Crippen LogP contribution in [0.1, 0.15) is 10.4 Å². The third-order valence-corrected chi connectivity index (χ3v) is 4.70. The molecule has 0 radical (unpaired) electrons. The number of carbonyl (C=O) groups is 2. The summed E-state index contributed by atoms with van der Waals surface area (Å²) in [4.78, 5) is 28.8. The number of H-pyrrole nitrogens is 1. The number of thiophene rings is 1. The molecule has 0 unspecified atom stereocenters. The van der Waals surface area contributed by atoms with Gasteiger partial charge < -0.3 is 0 Å². The predicted octanol–water partition coefficient (Wildman–Crippen LogP) is 2.23. The first kappa shape index (κ1) is 17.1. The van der Waals surface area contributed by atoms with E-state index < -0.39 is 17.6 Å². The molecule has 0 saturated carbocycles. The predicted molar refractivity (Wildman–Crippen MR) is 92.4 cm³/mol. The third-order valence-electron chi connectivity index (χ3n) is 2.97. The summed E-state index contributed by atoms with van der Waals surface area (Å²) in [5.41, 5.74) is 4.78. The number of nitrogens with zero attached hydrogens (tertiary/aromatic N) is 2. The molecule has 7 nitrogen and oxygen atoms in total. The lowest BCUT2D eigenvalue weighted by Crippen LogP contribution is -2.42. The molecule has 3 aromatic rings. The first-order valence-electron chi connectivity index (χ1n) is 7.05. The second-order valence-corrected chi connectivity index (χ2v) is 6.63. The Balaban J connectivity index is 1.45. The number of hydrogen-bond acceptors (Lipinski definition) is 6. The summed E-state index contributed by atoms with van der Waals surface area (Å²) < 4.78 is 12.8. The number of benzene rings is 1. The van der Waals surface area contributed by atoms with Crippen LogP contribution in [0.4, 0.5) is 4.39 Å². The highest BCUT2D eigenvalue weighted by molar-refractivity contribution is 7.99. The highest BCUT2D eigenvalue weighted by Crippen LogP contribution is 2.22. The average Bonchev–Trinajstić information content (AvgIpc) is 3.29. The molecule has 3 rings (SSSR count). The number of nitrogens with one attached hydrogen (secondary N) is 3. The molecule has 0 aliphatic heterocycles. The molecule has 0 atom stereocenters. The van der Waals surface area contributed by atoms with Gasteiger partial charge >= 0.3 is 0 Å². The van der Waals surface area contributed by atoms with Crippen LogP contribution in [0.25, 0.3) is 10.7 Å². The summed E-state index contributed by atoms with van der Waals surface area (Å²) in [6.07, 6.45) is 0. The Labute approximate surface area is 150 Å². The van der Waals surface area contributed by atoms with Gasteiger partial charge in [0.15, 0.2) is 5.82 Å². The van der Waals surface area contributed by atoms with E-state index in [9.17, 15) is 14.0 Å². The minimum atomic E-state index is -0.531. The fourth-order valence-electron chi connectivity index (χ4n) is 1.80. The summed E-state index contributed by atoms with van der Waals surface area (Å²) >= 11 is 2.66. The molecule has 3 N–H and O–H groups in total. The molecule has 2 aromatic heterocycles. The van der Waals surface area contributed by atoms with Gasteiger partial charge in [-0.3, -0.25) is 25.5 Å². The topological polar surface area (TPSA) is 99.8 Å². The van der Waals surface area contributed by atoms with Crippen LogP contribution in [0.15, 0.2) is 46.9 Å². The van der Waals surface area contributed by atoms with Crippen LogP contribution in [-0.2, 0) is 4.79 Å². The number of carbonyl (C=O) groups excluding carboxylic acids is 2. The Morgan fingerprint density at radius 3 is 2.72 bits per heavy atom. The molecule has 25 heavy (non-hydrogen) atoms. The summed E-state index contributed by atoms with van der Waals surface area (Å²) in [7, 11) is 0. The van der Waals surface area contributed by atoms with Crippen molar-refractivity contribution in [3.63, 3.8) is 0 Å². The molecule has 2 heterocycles. The van der Waals surface area contributed by atoms with E-state index in [0.29, 0.717) is 11.0 Å². The summed E-state index contributed by atoms with van der Waals surface area (Å²) in [5, 5.41) is 9.20. The fourth-order valence-corrected chi connectivity index (χ4v) is 3.06. The largest absolute Gasteiger partial charge is 0.272 e. The second kappa shape index (κ2) is 7.90. The van der Waals surface area contributed by atoms with Crippen molar-refractivity contribution in [3.8, 4) is 10.7 Å². The quantitative estimate of drug-likeness (QED) is 0.468. The average molecular weight is 377 g/mol. The Bertz CT molecular complexity index is 864. The van der Waals surface area contributed by atoms with Gasteiger partial charge in [0.05, 0.1) is 10.6 Å². The number of aromatic nitrogens is 3. The van der Waals surface area contributed by atoms with Gasteiger partial charge in [-0.1, -0.05) is 17.8 Å². The molecule has 0 bridgehead atoms. The number of aromatic amines is 1. The van der Waals surface area contributed by atoms with Crippen molar-refractivity contribution >= 4 is 34.9 Å². The van der Waals surface area contributed by atoms with E-state index in [4.69, 9.17) is 0 Å². The fraction of sp³-hybridized carbons (Fsp3) is 0.0667. The lowest BCUT2D eigenvalue weighted by atomic mass is 10.2. The first-order valence-corrected chi connectivity index (χ1v) is 8.92. The monoisotopic (exact) mass is 377 g/mol. The van der Waals surface area contributed by atoms with Gasteiger partial charge in [0, 0.05) is 5.56 Å². The molecule has 0 aliphatic carbocycles. The molecule has 0 saturated heterocycles. The van der Waals surface area contributed by atoms with Crippen molar-refractivity contribution in [1.29, 1.82) is 0 Å². The van der Waals surface area contributed by atoms with E-state index in [1.165, 1.54) is 35.6 Å². The van der Waals surface area contributed by atoms with Crippen molar-refractivity contribution < 1.29 is 14.0 Å². The highest BCUT2D eigenvalue weighted by atomic mass is 32.2. The van der Waals surface area contributed by atoms with Gasteiger partial charge in [0.25, 0.3) is 5.91 Å². The van der Waals surface area contributed by atoms with E-state index >= 15 is 0 Å². The SMILES string of the molecule is O=C(CSc1n[nH]c(-c2cccs2)n1)NNC(=O)c1ccc(F)cc1. The molecule has 0 spiro atoms. The Hall–Kier alpha value is -2.72. The maximum Gasteiger partial charge on any atom is 0.269 e. The molecule has 0 aliphatic rings. The van der Waals surface area contributed by atoms with E-state index in [2.05, 4.69) is 26.0 Å². The van der Waals surface area contributed by atoms with Gasteiger partial charge in [-0.2, -0.15) is 0 Å². The number of hydrazine groups is 1. The minimum Gasteiger partial charge on any atom is -0.272 e. The lowest BCUT2D eigenvalue weighted by Gasteiger charge is -2.06. The zero-order chi connectivity index (χ0) is 17.6. The van der Waals surface area contributed by atoms with Crippen molar-refractivity contribution in [2.45, 2.75) is 5.16 Å². The van der Waals surface area contributed by atoms with E-state index in [1.807, 2.05) is 17.5 Å². The highest BCUT2D eigenvalue weighted by Gasteiger charge is 2.11. The van der Waals surface area contributed by atoms with Crippen LogP contribution < -0.4 is 10.9 Å². The van der Waals surface area contributed by atoms with Crippen LogP contribution in [0.5, 0.6) is 0 Å². The van der Waals surface area contributed by atoms with E-state index in [-0.39, 0.29) is 11.3 Å². The summed E-state index contributed by atoms with van der Waals surface area (Å²) in [6.45, 7) is 0. The molecule has 10 heteroatoms. The van der Waals surface area contributed by atoms with Crippen molar-refractivity contribution in [2.75, 3.05) is 5.75 Å². The second-order valence-electron chi connectivity index (χ2n) is 4.74. The molecular formula is C15H12FN5O2S2. The number of hydrogen-bond donors (Lipinski definition) is 3. The number of rotatable bonds is 5. The van der Waals surface area contributed by atoms with Crippen LogP contribution in [0.3, 0.4) is 0 Å². The van der Waals surface area contributed by atoms with Crippen LogP contribution in [0, 0.1) is 5.82 Å². The smallest absolute Gasteiger partial charge is 0.269 e. The minimum absolute atomic E-state index is 0.0332. The molecule has 2 amide bonds. The maximum absolute atomic E-state index is 12.8. The summed E-state index contributed by atoms with van der Waals surface area (Å²) in [5.74, 6) is -0.710. The Morgan fingerprint density at radius 1 is 1.20 bits per heavy atom. The van der Waals surface area contributed by atoms with Gasteiger partial charge in [-0.05, 0) is 35.7 Å². The lowest BCUT2D eigenvalue weighted by molar-refractivity contribution is -0.119. The van der Waals surface area contributed by atoms with Crippen LogP contribution in [-0.4, -0.2) is 32.7 Å². The molecule has 128 valence electrons. The maximum atomic E-state index is 12.8. The van der Waals surface area contributed by atoms with Crippen molar-refractivity contribution in [2.24, 2.45) is 0 Å². The van der Waals surface area contributed by atoms with Crippen molar-refractivity contribution in [3.05, 3.63) is 53.2 Å². The molecule has 1 aromatic carbocycles. The van der Waals surface area contributed by atoms with Crippen LogP contribution >= 0.6 is 23.1 Å². The normalized spacial score (nSPS) is 10.4. The standard InChI is InChI=1S/C15H12FN5O2S2/c16-10-5-3-9(4-6-10)14(23)20-18-12(22)8-25-15-17-13(19-21-15)11-2-1-7-24-11/h1-7H,8H2,(H,18,22)(H,20,23)(H,17,19,21). The van der Waals surface area contributed by atoms with Gasteiger partial charge in [0.2, 0.25) is 11.1 Å². The number of halogens is 1. The van der Waals surface area contributed by atoms with Gasteiger partial charge in [-0.25, -0.2) is 9.37 Å². The molecule has 0 fully saturated rings. The van der Waals surface area contributed by atoms with E-state index in [1.54, 1.807) is 0 Å².